The molecule has 0 bridgehead atoms. The summed E-state index contributed by atoms with van der Waals surface area (Å²) in [5, 5.41) is 6.52. The summed E-state index contributed by atoms with van der Waals surface area (Å²) >= 11 is 3.10. The van der Waals surface area contributed by atoms with Gasteiger partial charge in [-0.3, -0.25) is 4.79 Å². The Labute approximate surface area is 142 Å². The Balaban J connectivity index is 1.61. The first-order chi connectivity index (χ1) is 11.2. The number of methoxy groups -OCH3 is 1. The minimum absolute atomic E-state index is 0.156. The van der Waals surface area contributed by atoms with Gasteiger partial charge in [-0.1, -0.05) is 19.1 Å². The van der Waals surface area contributed by atoms with Gasteiger partial charge in [0, 0.05) is 25.0 Å². The van der Waals surface area contributed by atoms with E-state index in [0.29, 0.717) is 18.8 Å². The van der Waals surface area contributed by atoms with E-state index >= 15 is 0 Å². The van der Waals surface area contributed by atoms with E-state index in [1.54, 1.807) is 23.8 Å². The Hall–Kier alpha value is -1.83. The number of benzene rings is 1. The van der Waals surface area contributed by atoms with Crippen LogP contribution in [0.2, 0.25) is 0 Å². The minimum atomic E-state index is -0.156. The van der Waals surface area contributed by atoms with Crippen LogP contribution in [-0.4, -0.2) is 29.5 Å². The van der Waals surface area contributed by atoms with Gasteiger partial charge in [0.15, 0.2) is 0 Å². The number of carbonyl (C=O) groups is 1. The summed E-state index contributed by atoms with van der Waals surface area (Å²) in [7, 11) is 1.61. The van der Waals surface area contributed by atoms with E-state index in [2.05, 4.69) is 28.3 Å². The fourth-order valence-electron chi connectivity index (χ4n) is 2.13. The molecule has 1 N–H and O–H groups in total. The maximum atomic E-state index is 12.1. The number of rotatable bonds is 6. The second-order valence-corrected chi connectivity index (χ2v) is 7.20. The molecule has 0 aliphatic rings. The molecule has 120 valence electrons. The lowest BCUT2D eigenvalue weighted by Crippen LogP contribution is -2.27. The van der Waals surface area contributed by atoms with Crippen molar-refractivity contribution in [3.63, 3.8) is 0 Å². The maximum absolute atomic E-state index is 12.1. The molecule has 3 aromatic rings. The number of nitrogens with zero attached hydrogens (tertiary/aromatic N) is 2. The van der Waals surface area contributed by atoms with Crippen LogP contribution in [0.1, 0.15) is 33.3 Å². The molecule has 23 heavy (non-hydrogen) atoms. The fourth-order valence-corrected chi connectivity index (χ4v) is 3.89. The van der Waals surface area contributed by atoms with E-state index in [-0.39, 0.29) is 11.8 Å². The minimum Gasteiger partial charge on any atom is -0.378 e. The molecule has 0 aliphatic carbocycles. The molecule has 7 heteroatoms. The molecule has 0 spiro atoms. The Bertz CT molecular complexity index is 779. The Kier molecular flexibility index (Phi) is 5.00. The van der Waals surface area contributed by atoms with Gasteiger partial charge in [-0.05, 0) is 12.1 Å². The number of nitrogens with one attached hydrogen (secondary N) is 1. The highest BCUT2D eigenvalue weighted by Crippen LogP contribution is 2.26. The van der Waals surface area contributed by atoms with Crippen LogP contribution in [0.15, 0.2) is 29.6 Å². The second-order valence-electron chi connectivity index (χ2n) is 5.19. The molecular formula is C16H17N3O2S2. The lowest BCUT2D eigenvalue weighted by Gasteiger charge is -2.08. The SMILES string of the molecule is COCc1nc(C(=O)NCC(C)c2nc3ccccc3s2)cs1. The second kappa shape index (κ2) is 7.16. The molecule has 1 atom stereocenters. The molecule has 2 heterocycles. The van der Waals surface area contributed by atoms with Crippen LogP contribution >= 0.6 is 22.7 Å². The molecule has 3 rings (SSSR count). The van der Waals surface area contributed by atoms with Crippen molar-refractivity contribution in [1.29, 1.82) is 0 Å². The molecule has 1 unspecified atom stereocenters. The summed E-state index contributed by atoms with van der Waals surface area (Å²) in [6, 6.07) is 8.07. The lowest BCUT2D eigenvalue weighted by molar-refractivity contribution is 0.0946. The smallest absolute Gasteiger partial charge is 0.270 e. The molecule has 2 aromatic heterocycles. The van der Waals surface area contributed by atoms with Gasteiger partial charge in [0.25, 0.3) is 5.91 Å². The molecule has 1 aromatic carbocycles. The number of carbonyl (C=O) groups excluding carboxylic acids is 1. The van der Waals surface area contributed by atoms with Crippen molar-refractivity contribution >= 4 is 38.8 Å². The van der Waals surface area contributed by atoms with E-state index in [9.17, 15) is 4.79 Å². The van der Waals surface area contributed by atoms with Crippen LogP contribution in [-0.2, 0) is 11.3 Å². The van der Waals surface area contributed by atoms with Crippen molar-refractivity contribution in [3.8, 4) is 0 Å². The van der Waals surface area contributed by atoms with Crippen LogP contribution in [0.25, 0.3) is 10.2 Å². The van der Waals surface area contributed by atoms with Gasteiger partial charge in [0.05, 0.1) is 21.8 Å². The number of ether oxygens (including phenoxy) is 1. The van der Waals surface area contributed by atoms with Crippen LogP contribution in [0.5, 0.6) is 0 Å². The third-order valence-electron chi connectivity index (χ3n) is 3.35. The van der Waals surface area contributed by atoms with Gasteiger partial charge in [-0.25, -0.2) is 9.97 Å². The number of fused-ring (bicyclic) bond motifs is 1. The molecular weight excluding hydrogens is 330 g/mol. The van der Waals surface area contributed by atoms with Crippen LogP contribution < -0.4 is 5.32 Å². The van der Waals surface area contributed by atoms with Crippen molar-refractivity contribution in [2.45, 2.75) is 19.4 Å². The first-order valence-corrected chi connectivity index (χ1v) is 8.94. The van der Waals surface area contributed by atoms with E-state index in [1.165, 1.54) is 16.0 Å². The summed E-state index contributed by atoms with van der Waals surface area (Å²) in [5.74, 6) is 0.00463. The first kappa shape index (κ1) is 16.0. The summed E-state index contributed by atoms with van der Waals surface area (Å²) in [6.07, 6.45) is 0. The summed E-state index contributed by atoms with van der Waals surface area (Å²) in [4.78, 5) is 21.0. The number of thiazole rings is 2. The molecule has 0 fully saturated rings. The predicted octanol–water partition coefficient (Wildman–Crippen LogP) is 3.43. The van der Waals surface area contributed by atoms with Crippen LogP contribution in [0, 0.1) is 0 Å². The van der Waals surface area contributed by atoms with Gasteiger partial charge in [0.1, 0.15) is 10.7 Å². The number of para-hydroxylation sites is 1. The highest BCUT2D eigenvalue weighted by molar-refractivity contribution is 7.18. The molecule has 5 nitrogen and oxygen atoms in total. The zero-order valence-corrected chi connectivity index (χ0v) is 14.5. The average Bonchev–Trinajstić information content (AvgIpc) is 3.19. The quantitative estimate of drug-likeness (QED) is 0.742. The van der Waals surface area contributed by atoms with E-state index in [1.807, 2.05) is 18.2 Å². The Morgan fingerprint density at radius 3 is 2.96 bits per heavy atom. The van der Waals surface area contributed by atoms with E-state index in [0.717, 1.165) is 15.5 Å². The van der Waals surface area contributed by atoms with Crippen LogP contribution in [0.4, 0.5) is 0 Å². The van der Waals surface area contributed by atoms with Crippen molar-refractivity contribution in [2.24, 2.45) is 0 Å². The van der Waals surface area contributed by atoms with Gasteiger partial charge < -0.3 is 10.1 Å². The van der Waals surface area contributed by atoms with Gasteiger partial charge in [-0.15, -0.1) is 22.7 Å². The third-order valence-corrected chi connectivity index (χ3v) is 5.44. The highest BCUT2D eigenvalue weighted by atomic mass is 32.1. The molecule has 0 saturated heterocycles. The molecule has 1 amide bonds. The summed E-state index contributed by atoms with van der Waals surface area (Å²) < 4.78 is 6.19. The summed E-state index contributed by atoms with van der Waals surface area (Å²) in [5.41, 5.74) is 1.45. The third kappa shape index (κ3) is 3.74. The van der Waals surface area contributed by atoms with Crippen LogP contribution in [0.3, 0.4) is 0 Å². The monoisotopic (exact) mass is 347 g/mol. The Morgan fingerprint density at radius 1 is 1.35 bits per heavy atom. The fraction of sp³-hybridized carbons (Fsp3) is 0.312. The number of aromatic nitrogens is 2. The number of amides is 1. The van der Waals surface area contributed by atoms with Gasteiger partial charge in [0.2, 0.25) is 0 Å². The predicted molar refractivity (Wildman–Crippen MR) is 93.2 cm³/mol. The molecule has 0 radical (unpaired) electrons. The normalized spacial score (nSPS) is 12.4. The van der Waals surface area contributed by atoms with E-state index in [4.69, 9.17) is 4.74 Å². The number of hydrogen-bond acceptors (Lipinski definition) is 6. The average molecular weight is 347 g/mol. The van der Waals surface area contributed by atoms with Gasteiger partial charge in [-0.2, -0.15) is 0 Å². The largest absolute Gasteiger partial charge is 0.378 e. The highest BCUT2D eigenvalue weighted by Gasteiger charge is 2.15. The zero-order chi connectivity index (χ0) is 16.2. The van der Waals surface area contributed by atoms with Crippen molar-refractivity contribution in [3.05, 3.63) is 45.4 Å². The van der Waals surface area contributed by atoms with Crippen molar-refractivity contribution < 1.29 is 9.53 Å². The molecule has 0 aliphatic heterocycles. The topological polar surface area (TPSA) is 64.1 Å². The van der Waals surface area contributed by atoms with Gasteiger partial charge >= 0.3 is 0 Å². The van der Waals surface area contributed by atoms with Crippen molar-refractivity contribution in [2.75, 3.05) is 13.7 Å². The number of hydrogen-bond donors (Lipinski definition) is 1. The molecule has 0 saturated carbocycles. The maximum Gasteiger partial charge on any atom is 0.270 e. The lowest BCUT2D eigenvalue weighted by atomic mass is 10.2. The van der Waals surface area contributed by atoms with Crippen molar-refractivity contribution in [1.82, 2.24) is 15.3 Å². The zero-order valence-electron chi connectivity index (χ0n) is 12.9. The standard InChI is InChI=1S/C16H17N3O2S2/c1-10(16-19-11-5-3-4-6-13(11)23-16)7-17-15(20)12-9-22-14(18-12)8-21-2/h3-6,9-10H,7-8H2,1-2H3,(H,17,20). The van der Waals surface area contributed by atoms with E-state index < -0.39 is 0 Å². The summed E-state index contributed by atoms with van der Waals surface area (Å²) in [6.45, 7) is 3.03. The first-order valence-electron chi connectivity index (χ1n) is 7.24. The Morgan fingerprint density at radius 2 is 2.17 bits per heavy atom.